The number of amides is 2. The summed E-state index contributed by atoms with van der Waals surface area (Å²) in [5.74, 6) is 1.31. The lowest BCUT2D eigenvalue weighted by Gasteiger charge is -2.55. The molecule has 0 aromatic carbocycles. The summed E-state index contributed by atoms with van der Waals surface area (Å²) in [6, 6.07) is 0.473. The lowest BCUT2D eigenvalue weighted by Crippen LogP contribution is -2.68. The van der Waals surface area contributed by atoms with E-state index >= 15 is 0 Å². The molecule has 4 nitrogen and oxygen atoms in total. The summed E-state index contributed by atoms with van der Waals surface area (Å²) in [4.78, 5) is 26.7. The molecule has 0 bridgehead atoms. The predicted molar refractivity (Wildman–Crippen MR) is 108 cm³/mol. The van der Waals surface area contributed by atoms with E-state index in [1.165, 1.54) is 0 Å². The van der Waals surface area contributed by atoms with Gasteiger partial charge in [0.25, 0.3) is 0 Å². The van der Waals surface area contributed by atoms with Gasteiger partial charge in [-0.05, 0) is 17.9 Å². The fourth-order valence-corrected chi connectivity index (χ4v) is 7.46. The third-order valence-corrected chi connectivity index (χ3v) is 12.9. The summed E-state index contributed by atoms with van der Waals surface area (Å²) in [7, 11) is -1.86. The van der Waals surface area contributed by atoms with Crippen molar-refractivity contribution in [2.75, 3.05) is 5.75 Å². The standard InChI is InChI=1S/C17H30N2O2S2Si/c1-7-12-11-23-16(22)18(12)14(20)9-8-13-10-15(21)19(13)24(5,6)17(2,3)4/h12-13H,7-11H2,1-6H3/t12-,13-/m0/s1. The predicted octanol–water partition coefficient (Wildman–Crippen LogP) is 4.01. The third-order valence-electron chi connectivity index (χ3n) is 5.87. The molecular formula is C17H30N2O2S2Si. The van der Waals surface area contributed by atoms with E-state index in [1.54, 1.807) is 11.8 Å². The van der Waals surface area contributed by atoms with E-state index in [9.17, 15) is 9.59 Å². The highest BCUT2D eigenvalue weighted by atomic mass is 32.2. The number of carbonyl (C=O) groups is 2. The Balaban J connectivity index is 1.98. The van der Waals surface area contributed by atoms with Crippen LogP contribution >= 0.6 is 24.0 Å². The average molecular weight is 387 g/mol. The van der Waals surface area contributed by atoms with Gasteiger partial charge in [-0.1, -0.05) is 64.8 Å². The second-order valence-corrected chi connectivity index (χ2v) is 15.1. The van der Waals surface area contributed by atoms with Crippen molar-refractivity contribution in [3.05, 3.63) is 0 Å². The van der Waals surface area contributed by atoms with Crippen LogP contribution in [0, 0.1) is 0 Å². The van der Waals surface area contributed by atoms with Gasteiger partial charge in [-0.15, -0.1) is 0 Å². The molecule has 2 aliphatic rings. The Morgan fingerprint density at radius 3 is 2.46 bits per heavy atom. The van der Waals surface area contributed by atoms with E-state index in [4.69, 9.17) is 12.2 Å². The van der Waals surface area contributed by atoms with Gasteiger partial charge in [0.1, 0.15) is 4.32 Å². The zero-order chi connectivity index (χ0) is 18.3. The third kappa shape index (κ3) is 3.58. The molecule has 2 heterocycles. The summed E-state index contributed by atoms with van der Waals surface area (Å²) in [5, 5.41) is 0.131. The van der Waals surface area contributed by atoms with Crippen molar-refractivity contribution in [1.82, 2.24) is 9.47 Å². The average Bonchev–Trinajstić information content (AvgIpc) is 2.82. The number of hydrogen-bond acceptors (Lipinski definition) is 4. The van der Waals surface area contributed by atoms with E-state index in [1.807, 2.05) is 4.90 Å². The van der Waals surface area contributed by atoms with E-state index in [0.717, 1.165) is 22.9 Å². The van der Waals surface area contributed by atoms with Gasteiger partial charge in [0.05, 0.1) is 0 Å². The molecule has 2 amide bonds. The number of rotatable bonds is 5. The van der Waals surface area contributed by atoms with Crippen molar-refractivity contribution in [3.63, 3.8) is 0 Å². The van der Waals surface area contributed by atoms with Gasteiger partial charge in [-0.2, -0.15) is 0 Å². The van der Waals surface area contributed by atoms with Crippen LogP contribution in [0.4, 0.5) is 0 Å². The van der Waals surface area contributed by atoms with Crippen LogP contribution < -0.4 is 0 Å². The molecule has 0 spiro atoms. The highest BCUT2D eigenvalue weighted by Crippen LogP contribution is 2.43. The van der Waals surface area contributed by atoms with Crippen molar-refractivity contribution < 1.29 is 9.59 Å². The van der Waals surface area contributed by atoms with Gasteiger partial charge >= 0.3 is 0 Å². The maximum atomic E-state index is 12.6. The van der Waals surface area contributed by atoms with Crippen molar-refractivity contribution in [2.45, 2.75) is 83.6 Å². The maximum Gasteiger partial charge on any atom is 0.228 e. The van der Waals surface area contributed by atoms with E-state index < -0.39 is 8.24 Å². The number of hydrogen-bond donors (Lipinski definition) is 0. The molecule has 0 aromatic heterocycles. The van der Waals surface area contributed by atoms with Crippen LogP contribution in [-0.4, -0.2) is 51.7 Å². The Morgan fingerprint density at radius 1 is 1.33 bits per heavy atom. The summed E-state index contributed by atoms with van der Waals surface area (Å²) in [5.41, 5.74) is 0. The van der Waals surface area contributed by atoms with E-state index in [0.29, 0.717) is 12.8 Å². The molecule has 0 aliphatic carbocycles. The molecule has 0 saturated carbocycles. The van der Waals surface area contributed by atoms with Crippen LogP contribution in [-0.2, 0) is 9.59 Å². The number of thiocarbonyl (C=S) groups is 1. The molecule has 7 heteroatoms. The van der Waals surface area contributed by atoms with Gasteiger partial charge in [0.15, 0.2) is 8.24 Å². The second kappa shape index (κ2) is 7.07. The Bertz CT molecular complexity index is 545. The van der Waals surface area contributed by atoms with E-state index in [-0.39, 0.29) is 28.9 Å². The minimum Gasteiger partial charge on any atom is -0.366 e. The molecule has 24 heavy (non-hydrogen) atoms. The molecule has 136 valence electrons. The molecule has 2 atom stereocenters. The molecular weight excluding hydrogens is 356 g/mol. The zero-order valence-corrected chi connectivity index (χ0v) is 18.4. The molecule has 2 fully saturated rings. The number of β-lactam (4-membered cyclic amide) rings is 1. The second-order valence-electron chi connectivity index (χ2n) is 8.37. The fourth-order valence-electron chi connectivity index (χ4n) is 3.32. The quantitative estimate of drug-likeness (QED) is 0.407. The maximum absolute atomic E-state index is 12.6. The first-order valence-electron chi connectivity index (χ1n) is 8.81. The first kappa shape index (κ1) is 19.9. The summed E-state index contributed by atoms with van der Waals surface area (Å²) < 4.78 is 2.85. The fraction of sp³-hybridized carbons (Fsp3) is 0.824. The van der Waals surface area contributed by atoms with Crippen LogP contribution in [0.25, 0.3) is 0 Å². The van der Waals surface area contributed by atoms with Gasteiger partial charge in [0.2, 0.25) is 11.8 Å². The Hall–Kier alpha value is -0.403. The first-order valence-corrected chi connectivity index (χ1v) is 13.2. The number of nitrogens with zero attached hydrogens (tertiary/aromatic N) is 2. The lowest BCUT2D eigenvalue weighted by atomic mass is 10.00. The molecule has 0 unspecified atom stereocenters. The zero-order valence-electron chi connectivity index (χ0n) is 15.7. The largest absolute Gasteiger partial charge is 0.366 e. The number of thioether (sulfide) groups is 1. The van der Waals surface area contributed by atoms with Crippen molar-refractivity contribution in [3.8, 4) is 0 Å². The lowest BCUT2D eigenvalue weighted by molar-refractivity contribution is -0.140. The molecule has 0 aromatic rings. The van der Waals surface area contributed by atoms with Crippen molar-refractivity contribution in [1.29, 1.82) is 0 Å². The topological polar surface area (TPSA) is 40.6 Å². The van der Waals surface area contributed by atoms with Crippen LogP contribution in [0.3, 0.4) is 0 Å². The van der Waals surface area contributed by atoms with Gasteiger partial charge in [-0.3, -0.25) is 14.5 Å². The van der Waals surface area contributed by atoms with E-state index in [2.05, 4.69) is 45.4 Å². The van der Waals surface area contributed by atoms with Crippen LogP contribution in [0.2, 0.25) is 18.1 Å². The van der Waals surface area contributed by atoms with Crippen molar-refractivity contribution >= 4 is 48.4 Å². The minimum absolute atomic E-state index is 0.131. The van der Waals surface area contributed by atoms with Gasteiger partial charge in [0, 0.05) is 30.7 Å². The van der Waals surface area contributed by atoms with Crippen LogP contribution in [0.15, 0.2) is 0 Å². The molecule has 2 saturated heterocycles. The normalized spacial score (nSPS) is 25.2. The van der Waals surface area contributed by atoms with Crippen molar-refractivity contribution in [2.24, 2.45) is 0 Å². The molecule has 2 rings (SSSR count). The van der Waals surface area contributed by atoms with Crippen LogP contribution in [0.1, 0.15) is 53.4 Å². The molecule has 2 aliphatic heterocycles. The highest BCUT2D eigenvalue weighted by Gasteiger charge is 2.51. The molecule has 0 radical (unpaired) electrons. The monoisotopic (exact) mass is 386 g/mol. The van der Waals surface area contributed by atoms with Crippen LogP contribution in [0.5, 0.6) is 0 Å². The molecule has 0 N–H and O–H groups in total. The Labute approximate surface area is 156 Å². The Morgan fingerprint density at radius 2 is 1.96 bits per heavy atom. The van der Waals surface area contributed by atoms with Gasteiger partial charge in [-0.25, -0.2) is 0 Å². The summed E-state index contributed by atoms with van der Waals surface area (Å²) in [6.07, 6.45) is 2.78. The first-order chi connectivity index (χ1) is 11.0. The summed E-state index contributed by atoms with van der Waals surface area (Å²) >= 11 is 6.95. The smallest absolute Gasteiger partial charge is 0.228 e. The SMILES string of the molecule is CC[C@H]1CSC(=S)N1C(=O)CC[C@H]1CC(=O)N1[Si](C)(C)C(C)(C)C. The highest BCUT2D eigenvalue weighted by molar-refractivity contribution is 8.23. The Kier molecular flexibility index (Phi) is 5.87. The minimum atomic E-state index is -1.86. The summed E-state index contributed by atoms with van der Waals surface area (Å²) in [6.45, 7) is 13.3. The number of carbonyl (C=O) groups excluding carboxylic acids is 2. The van der Waals surface area contributed by atoms with Gasteiger partial charge < -0.3 is 4.57 Å².